The molecule has 1 N–H and O–H groups in total. The third-order valence-electron chi connectivity index (χ3n) is 8.85. The van der Waals surface area contributed by atoms with Gasteiger partial charge in [-0.05, 0) is 43.4 Å². The lowest BCUT2D eigenvalue weighted by Gasteiger charge is -2.30. The molecule has 0 saturated carbocycles. The molecular weight excluding hydrogens is 567 g/mol. The van der Waals surface area contributed by atoms with Gasteiger partial charge in [0.2, 0.25) is 5.91 Å². The van der Waals surface area contributed by atoms with Crippen LogP contribution in [0.5, 0.6) is 0 Å². The predicted molar refractivity (Wildman–Crippen MR) is 160 cm³/mol. The molecule has 226 valence electrons. The third kappa shape index (κ3) is 4.41. The number of aryl methyl sites for hydroxylation is 1. The van der Waals surface area contributed by atoms with E-state index in [9.17, 15) is 19.2 Å². The van der Waals surface area contributed by atoms with Gasteiger partial charge in [0.15, 0.2) is 17.9 Å². The van der Waals surface area contributed by atoms with E-state index in [4.69, 9.17) is 0 Å². The molecule has 3 aliphatic rings. The van der Waals surface area contributed by atoms with Gasteiger partial charge in [-0.1, -0.05) is 0 Å². The van der Waals surface area contributed by atoms with Crippen LogP contribution in [0.2, 0.25) is 0 Å². The van der Waals surface area contributed by atoms with Crippen molar-refractivity contribution in [3.63, 3.8) is 0 Å². The van der Waals surface area contributed by atoms with E-state index in [0.29, 0.717) is 61.4 Å². The SMILES string of the molecule is CC(=O)N1CCn2nc(Nc3cc(-c4ccnc(N5CCn6c7c(c(F)c6C5=O)CCCC7)c4C=O)cn(C)c3=O)cc2C1. The molecule has 6 heterocycles. The second kappa shape index (κ2) is 10.6. The lowest BCUT2D eigenvalue weighted by atomic mass is 9.97. The number of rotatable bonds is 5. The number of nitrogens with zero attached hydrogens (tertiary/aromatic N) is 7. The highest BCUT2D eigenvalue weighted by molar-refractivity contribution is 6.09. The number of hydrogen-bond acceptors (Lipinski definition) is 7. The predicted octanol–water partition coefficient (Wildman–Crippen LogP) is 3.04. The Morgan fingerprint density at radius 3 is 2.70 bits per heavy atom. The van der Waals surface area contributed by atoms with Gasteiger partial charge in [-0.3, -0.25) is 28.8 Å². The average molecular weight is 599 g/mol. The van der Waals surface area contributed by atoms with Crippen LogP contribution in [0.3, 0.4) is 0 Å². The topological polar surface area (TPSA) is 127 Å². The van der Waals surface area contributed by atoms with Gasteiger partial charge in [-0.15, -0.1) is 0 Å². The van der Waals surface area contributed by atoms with E-state index in [0.717, 1.165) is 30.7 Å². The number of anilines is 3. The number of carbonyl (C=O) groups is 3. The number of carbonyl (C=O) groups excluding carboxylic acids is 3. The minimum Gasteiger partial charge on any atom is -0.336 e. The molecule has 44 heavy (non-hydrogen) atoms. The molecule has 12 nitrogen and oxygen atoms in total. The monoisotopic (exact) mass is 598 g/mol. The molecule has 7 rings (SSSR count). The van der Waals surface area contributed by atoms with Gasteiger partial charge in [0.1, 0.15) is 17.2 Å². The fourth-order valence-corrected chi connectivity index (χ4v) is 6.64. The van der Waals surface area contributed by atoms with Crippen molar-refractivity contribution in [2.75, 3.05) is 23.3 Å². The van der Waals surface area contributed by atoms with Crippen molar-refractivity contribution in [2.45, 2.75) is 52.2 Å². The first-order chi connectivity index (χ1) is 21.2. The summed E-state index contributed by atoms with van der Waals surface area (Å²) in [6, 6.07) is 5.09. The van der Waals surface area contributed by atoms with Crippen molar-refractivity contribution < 1.29 is 18.8 Å². The zero-order valence-electron chi connectivity index (χ0n) is 24.5. The van der Waals surface area contributed by atoms with Crippen LogP contribution in [-0.4, -0.2) is 60.0 Å². The highest BCUT2D eigenvalue weighted by Gasteiger charge is 2.36. The van der Waals surface area contributed by atoms with Gasteiger partial charge in [-0.2, -0.15) is 5.10 Å². The Morgan fingerprint density at radius 1 is 1.09 bits per heavy atom. The summed E-state index contributed by atoms with van der Waals surface area (Å²) in [7, 11) is 1.61. The third-order valence-corrected chi connectivity index (χ3v) is 8.85. The lowest BCUT2D eigenvalue weighted by molar-refractivity contribution is -0.130. The Labute approximate surface area is 251 Å². The molecule has 0 radical (unpaired) electrons. The first-order valence-corrected chi connectivity index (χ1v) is 14.7. The van der Waals surface area contributed by atoms with Gasteiger partial charge in [-0.25, -0.2) is 9.37 Å². The maximum absolute atomic E-state index is 15.5. The number of fused-ring (bicyclic) bond motifs is 4. The van der Waals surface area contributed by atoms with E-state index in [1.54, 1.807) is 45.6 Å². The minimum atomic E-state index is -0.522. The number of nitrogens with one attached hydrogen (secondary N) is 1. The molecule has 0 unspecified atom stereocenters. The van der Waals surface area contributed by atoms with Crippen LogP contribution in [0.4, 0.5) is 21.7 Å². The fraction of sp³-hybridized carbons (Fsp3) is 0.355. The van der Waals surface area contributed by atoms with Gasteiger partial charge < -0.3 is 19.4 Å². The number of aromatic nitrogens is 5. The molecule has 1 aliphatic carbocycles. The average Bonchev–Trinajstić information content (AvgIpc) is 3.56. The van der Waals surface area contributed by atoms with Crippen LogP contribution in [0.1, 0.15) is 57.6 Å². The molecule has 4 aromatic rings. The van der Waals surface area contributed by atoms with Crippen LogP contribution in [0, 0.1) is 5.82 Å². The van der Waals surface area contributed by atoms with Crippen LogP contribution in [0.15, 0.2) is 35.4 Å². The summed E-state index contributed by atoms with van der Waals surface area (Å²) in [5, 5.41) is 7.66. The van der Waals surface area contributed by atoms with Gasteiger partial charge in [0.05, 0.1) is 24.3 Å². The molecule has 2 aliphatic heterocycles. The van der Waals surface area contributed by atoms with E-state index in [-0.39, 0.29) is 40.8 Å². The van der Waals surface area contributed by atoms with Gasteiger partial charge in [0.25, 0.3) is 11.5 Å². The summed E-state index contributed by atoms with van der Waals surface area (Å²) >= 11 is 0. The molecule has 13 heteroatoms. The number of amides is 2. The smallest absolute Gasteiger partial charge is 0.279 e. The number of pyridine rings is 2. The highest BCUT2D eigenvalue weighted by atomic mass is 19.1. The summed E-state index contributed by atoms with van der Waals surface area (Å²) in [5.41, 5.74) is 3.50. The van der Waals surface area contributed by atoms with E-state index < -0.39 is 11.7 Å². The first kappa shape index (κ1) is 27.7. The van der Waals surface area contributed by atoms with Crippen LogP contribution >= 0.6 is 0 Å². The van der Waals surface area contributed by atoms with E-state index in [1.807, 2.05) is 0 Å². The van der Waals surface area contributed by atoms with Crippen LogP contribution < -0.4 is 15.8 Å². The van der Waals surface area contributed by atoms with E-state index in [1.165, 1.54) is 22.6 Å². The Bertz CT molecular complexity index is 1920. The quantitative estimate of drug-likeness (QED) is 0.350. The molecular formula is C31H31FN8O4. The Kier molecular flexibility index (Phi) is 6.67. The minimum absolute atomic E-state index is 0.0132. The number of halogens is 1. The summed E-state index contributed by atoms with van der Waals surface area (Å²) in [4.78, 5) is 58.7. The second-order valence-corrected chi connectivity index (χ2v) is 11.5. The number of aldehydes is 1. The highest BCUT2D eigenvalue weighted by Crippen LogP contribution is 2.35. The van der Waals surface area contributed by atoms with Crippen molar-refractivity contribution in [3.8, 4) is 11.1 Å². The molecule has 4 aromatic heterocycles. The van der Waals surface area contributed by atoms with Gasteiger partial charge >= 0.3 is 0 Å². The maximum Gasteiger partial charge on any atom is 0.279 e. The van der Waals surface area contributed by atoms with Crippen molar-refractivity contribution in [2.24, 2.45) is 7.05 Å². The molecule has 0 aromatic carbocycles. The first-order valence-electron chi connectivity index (χ1n) is 14.7. The fourth-order valence-electron chi connectivity index (χ4n) is 6.64. The Hall–Kier alpha value is -5.07. The van der Waals surface area contributed by atoms with Crippen molar-refractivity contribution in [1.29, 1.82) is 0 Å². The Balaban J connectivity index is 1.23. The van der Waals surface area contributed by atoms with Gasteiger partial charge in [0, 0.05) is 68.9 Å². The summed E-state index contributed by atoms with van der Waals surface area (Å²) in [5.74, 6) is -0.404. The molecule has 0 bridgehead atoms. The van der Waals surface area contributed by atoms with Crippen molar-refractivity contribution in [1.82, 2.24) is 28.8 Å². The standard InChI is InChI=1S/C31H31FN8O4/c1-18(42)37-9-12-40-20(16-37)14-26(35-40)34-24-13-19(15-36(2)30(24)43)21-7-8-33-29(23(21)17-41)39-11-10-38-25-6-4-3-5-22(25)27(32)28(38)31(39)44/h7-8,13-15,17H,3-6,9-12,16H2,1-2H3,(H,34,35). The normalized spacial score (nSPS) is 15.9. The van der Waals surface area contributed by atoms with Crippen LogP contribution in [0.25, 0.3) is 11.1 Å². The number of hydrogen-bond donors (Lipinski definition) is 1. The maximum atomic E-state index is 15.5. The van der Waals surface area contributed by atoms with Crippen LogP contribution in [-0.2, 0) is 44.3 Å². The molecule has 0 spiro atoms. The summed E-state index contributed by atoms with van der Waals surface area (Å²) in [6.45, 7) is 3.71. The summed E-state index contributed by atoms with van der Waals surface area (Å²) < 4.78 is 20.5. The lowest BCUT2D eigenvalue weighted by Crippen LogP contribution is -2.42. The molecule has 0 atom stereocenters. The molecule has 0 saturated heterocycles. The zero-order valence-corrected chi connectivity index (χ0v) is 24.5. The second-order valence-electron chi connectivity index (χ2n) is 11.5. The van der Waals surface area contributed by atoms with E-state index in [2.05, 4.69) is 15.4 Å². The Morgan fingerprint density at radius 2 is 1.91 bits per heavy atom. The molecule has 0 fully saturated rings. The van der Waals surface area contributed by atoms with Crippen molar-refractivity contribution in [3.05, 3.63) is 75.0 Å². The largest absolute Gasteiger partial charge is 0.336 e. The zero-order chi connectivity index (χ0) is 30.7. The summed E-state index contributed by atoms with van der Waals surface area (Å²) in [6.07, 6.45) is 6.97. The molecule has 2 amide bonds. The van der Waals surface area contributed by atoms with Crippen molar-refractivity contribution >= 4 is 35.4 Å². The van der Waals surface area contributed by atoms with E-state index >= 15 is 4.39 Å².